The lowest BCUT2D eigenvalue weighted by atomic mass is 9.61. The molecule has 1 saturated carbocycles. The first-order valence-electron chi connectivity index (χ1n) is 14.6. The molecule has 1 aromatic heterocycles. The molecule has 0 unspecified atom stereocenters. The van der Waals surface area contributed by atoms with E-state index in [0.717, 1.165) is 29.4 Å². The molecule has 3 aliphatic rings. The Morgan fingerprint density at radius 2 is 2.02 bits per heavy atom. The maximum atomic E-state index is 14.3. The van der Waals surface area contributed by atoms with Crippen molar-refractivity contribution in [1.82, 2.24) is 25.0 Å². The quantitative estimate of drug-likeness (QED) is 0.316. The predicted molar refractivity (Wildman–Crippen MR) is 158 cm³/mol. The van der Waals surface area contributed by atoms with Crippen LogP contribution in [0.15, 0.2) is 54.9 Å². The molecule has 1 N–H and O–H groups in total. The molecule has 1 saturated heterocycles. The van der Waals surface area contributed by atoms with Crippen LogP contribution in [-0.2, 0) is 36.5 Å². The minimum Gasteiger partial charge on any atom is -0.332 e. The summed E-state index contributed by atoms with van der Waals surface area (Å²) in [4.78, 5) is 28.8. The summed E-state index contributed by atoms with van der Waals surface area (Å²) in [5.74, 6) is 5.44. The van der Waals surface area contributed by atoms with Crippen LogP contribution in [0.25, 0.3) is 0 Å². The Bertz CT molecular complexity index is 1710. The fraction of sp³-hybridized carbons (Fsp3) is 0.394. The summed E-state index contributed by atoms with van der Waals surface area (Å²) in [6.45, 7) is 7.42. The second-order valence-electron chi connectivity index (χ2n) is 12.0. The molecule has 6 rings (SSSR count). The van der Waals surface area contributed by atoms with E-state index in [9.17, 15) is 22.8 Å². The van der Waals surface area contributed by atoms with Gasteiger partial charge in [-0.05, 0) is 79.0 Å². The third-order valence-corrected chi connectivity index (χ3v) is 8.93. The average molecular weight is 603 g/mol. The second kappa shape index (κ2) is 11.2. The van der Waals surface area contributed by atoms with Gasteiger partial charge in [-0.25, -0.2) is 0 Å². The maximum Gasteiger partial charge on any atom is 0.416 e. The van der Waals surface area contributed by atoms with E-state index in [4.69, 9.17) is 0 Å². The molecule has 11 heteroatoms. The minimum atomic E-state index is -4.62. The summed E-state index contributed by atoms with van der Waals surface area (Å²) in [5, 5.41) is 11.6. The highest BCUT2D eigenvalue weighted by Gasteiger charge is 2.47. The van der Waals surface area contributed by atoms with E-state index < -0.39 is 23.1 Å². The number of benzene rings is 2. The zero-order chi connectivity index (χ0) is 31.2. The Morgan fingerprint density at radius 3 is 2.70 bits per heavy atom. The highest BCUT2D eigenvalue weighted by molar-refractivity contribution is 6.10. The van der Waals surface area contributed by atoms with E-state index >= 15 is 0 Å². The van der Waals surface area contributed by atoms with Gasteiger partial charge < -0.3 is 19.7 Å². The number of rotatable bonds is 7. The van der Waals surface area contributed by atoms with E-state index in [0.29, 0.717) is 43.7 Å². The number of allylic oxidation sites excluding steroid dienone is 1. The minimum absolute atomic E-state index is 0.0151. The molecule has 0 spiro atoms. The number of anilines is 1. The van der Waals surface area contributed by atoms with Crippen LogP contribution >= 0.6 is 0 Å². The van der Waals surface area contributed by atoms with Gasteiger partial charge in [0.05, 0.1) is 17.5 Å². The molecule has 1 atom stereocenters. The highest BCUT2D eigenvalue weighted by atomic mass is 19.4. The summed E-state index contributed by atoms with van der Waals surface area (Å²) < 4.78 is 44.8. The van der Waals surface area contributed by atoms with E-state index in [-0.39, 0.29) is 36.0 Å². The van der Waals surface area contributed by atoms with Gasteiger partial charge in [0.15, 0.2) is 0 Å². The van der Waals surface area contributed by atoms with Gasteiger partial charge in [0, 0.05) is 44.5 Å². The molecule has 44 heavy (non-hydrogen) atoms. The van der Waals surface area contributed by atoms with Crippen LogP contribution in [0.1, 0.15) is 64.6 Å². The van der Waals surface area contributed by atoms with Crippen LogP contribution in [0.3, 0.4) is 0 Å². The Labute approximate surface area is 253 Å². The summed E-state index contributed by atoms with van der Waals surface area (Å²) in [5.41, 5.74) is 1.70. The zero-order valence-electron chi connectivity index (χ0n) is 24.7. The van der Waals surface area contributed by atoms with E-state index in [1.165, 1.54) is 4.90 Å². The first-order chi connectivity index (χ1) is 21.0. The summed E-state index contributed by atoms with van der Waals surface area (Å²) in [7, 11) is 1.87. The zero-order valence-corrected chi connectivity index (χ0v) is 24.7. The van der Waals surface area contributed by atoms with Crippen molar-refractivity contribution >= 4 is 17.5 Å². The topological polar surface area (TPSA) is 83.4 Å². The van der Waals surface area contributed by atoms with Crippen LogP contribution in [-0.4, -0.2) is 51.1 Å². The number of carbonyl (C=O) groups is 2. The third-order valence-electron chi connectivity index (χ3n) is 8.93. The van der Waals surface area contributed by atoms with Gasteiger partial charge in [0.2, 0.25) is 0 Å². The molecular weight excluding hydrogens is 569 g/mol. The van der Waals surface area contributed by atoms with Crippen LogP contribution in [0.5, 0.6) is 0 Å². The Hall–Kier alpha value is -4.43. The maximum absolute atomic E-state index is 14.3. The Balaban J connectivity index is 1.22. The van der Waals surface area contributed by atoms with Crippen LogP contribution < -0.4 is 10.2 Å². The van der Waals surface area contributed by atoms with Crippen molar-refractivity contribution in [1.29, 1.82) is 0 Å². The lowest BCUT2D eigenvalue weighted by Gasteiger charge is -2.43. The highest BCUT2D eigenvalue weighted by Crippen LogP contribution is 2.51. The van der Waals surface area contributed by atoms with Gasteiger partial charge in [-0.3, -0.25) is 9.59 Å². The number of halogens is 3. The van der Waals surface area contributed by atoms with Gasteiger partial charge in [-0.1, -0.05) is 30.2 Å². The number of hydrogen-bond acceptors (Lipinski definition) is 5. The number of aryl methyl sites for hydroxylation is 1. The average Bonchev–Trinajstić information content (AvgIpc) is 3.70. The molecule has 2 aromatic carbocycles. The summed E-state index contributed by atoms with van der Waals surface area (Å²) >= 11 is 0. The van der Waals surface area contributed by atoms with E-state index in [1.807, 2.05) is 29.8 Å². The molecule has 228 valence electrons. The number of hydrogen-bond donors (Lipinski definition) is 1. The monoisotopic (exact) mass is 602 g/mol. The van der Waals surface area contributed by atoms with E-state index in [1.54, 1.807) is 30.3 Å². The molecule has 2 amide bonds. The van der Waals surface area contributed by atoms with Crippen molar-refractivity contribution in [2.45, 2.75) is 50.9 Å². The number of carbonyl (C=O) groups excluding carboxylic acids is 2. The third kappa shape index (κ3) is 5.28. The van der Waals surface area contributed by atoms with Gasteiger partial charge in [0.25, 0.3) is 11.8 Å². The molecule has 2 aliphatic heterocycles. The van der Waals surface area contributed by atoms with Crippen molar-refractivity contribution in [2.75, 3.05) is 24.5 Å². The van der Waals surface area contributed by atoms with Crippen molar-refractivity contribution in [3.8, 4) is 11.8 Å². The number of fused-ring (bicyclic) bond motifs is 1. The van der Waals surface area contributed by atoms with Crippen LogP contribution in [0.2, 0.25) is 0 Å². The van der Waals surface area contributed by atoms with Crippen LogP contribution in [0, 0.1) is 17.8 Å². The standard InChI is InChI=1S/C33H33F3N6O2/c1-4-6-29(43)41-10-9-22(18-41)16-37-17-23-11-26-27(28(12-23)33(34,35)36)19-42(30(26)44)25-8-5-7-24(13-25)32(14-21(2)15-32)31-39-38-20-40(31)3/h5,7-8,11-13,20,22,37H,2,9-10,14-19H2,1,3H3/t22-/m0/s1. The van der Waals surface area contributed by atoms with E-state index in [2.05, 4.69) is 33.9 Å². The van der Waals surface area contributed by atoms with Gasteiger partial charge in [-0.15, -0.1) is 10.2 Å². The second-order valence-corrected chi connectivity index (χ2v) is 12.0. The lowest BCUT2D eigenvalue weighted by molar-refractivity contribution is -0.138. The molecule has 3 heterocycles. The fourth-order valence-corrected chi connectivity index (χ4v) is 6.80. The summed E-state index contributed by atoms with van der Waals surface area (Å²) in [6.07, 6.45) is -0.839. The Morgan fingerprint density at radius 1 is 1.23 bits per heavy atom. The summed E-state index contributed by atoms with van der Waals surface area (Å²) in [6, 6.07) is 10.1. The SMILES string of the molecule is C=C1CC(c2cccc(N3Cc4c(cc(CNC[C@@H]5CCN(C(=O)C#CC)C5)cc4C(F)(F)F)C3=O)c2)(c2nncn2C)C1. The normalized spacial score (nSPS) is 19.1. The molecule has 8 nitrogen and oxygen atoms in total. The number of alkyl halides is 3. The van der Waals surface area contributed by atoms with Gasteiger partial charge >= 0.3 is 6.18 Å². The van der Waals surface area contributed by atoms with Gasteiger partial charge in [-0.2, -0.15) is 13.2 Å². The molecule has 3 aromatic rings. The number of nitrogens with one attached hydrogen (secondary N) is 1. The van der Waals surface area contributed by atoms with Crippen LogP contribution in [0.4, 0.5) is 18.9 Å². The first kappa shape index (κ1) is 29.6. The molecule has 1 aliphatic carbocycles. The smallest absolute Gasteiger partial charge is 0.332 e. The van der Waals surface area contributed by atoms with Gasteiger partial charge in [0.1, 0.15) is 12.2 Å². The number of aromatic nitrogens is 3. The number of likely N-dealkylation sites (tertiary alicyclic amines) is 1. The molecular formula is C33H33F3N6O2. The number of nitrogens with zero attached hydrogens (tertiary/aromatic N) is 5. The Kier molecular flexibility index (Phi) is 7.58. The predicted octanol–water partition coefficient (Wildman–Crippen LogP) is 4.59. The molecule has 2 fully saturated rings. The van der Waals surface area contributed by atoms with Crippen molar-refractivity contribution in [3.05, 3.63) is 88.5 Å². The van der Waals surface area contributed by atoms with Crippen molar-refractivity contribution < 1.29 is 22.8 Å². The molecule has 0 bridgehead atoms. The van der Waals surface area contributed by atoms with Crippen molar-refractivity contribution in [3.63, 3.8) is 0 Å². The first-order valence-corrected chi connectivity index (χ1v) is 14.6. The van der Waals surface area contributed by atoms with Crippen molar-refractivity contribution in [2.24, 2.45) is 13.0 Å². The largest absolute Gasteiger partial charge is 0.416 e. The lowest BCUT2D eigenvalue weighted by Crippen LogP contribution is -2.39. The number of amides is 2. The molecule has 0 radical (unpaired) electrons. The fourth-order valence-electron chi connectivity index (χ4n) is 6.80.